The lowest BCUT2D eigenvalue weighted by Crippen LogP contribution is -2.46. The second-order valence-electron chi connectivity index (χ2n) is 4.86. The van der Waals surface area contributed by atoms with Gasteiger partial charge in [0.05, 0.1) is 5.41 Å². The summed E-state index contributed by atoms with van der Waals surface area (Å²) in [5.41, 5.74) is -0.678. The lowest BCUT2D eigenvalue weighted by molar-refractivity contribution is -0.158. The highest BCUT2D eigenvalue weighted by molar-refractivity contribution is 9.09. The second-order valence-corrected chi connectivity index (χ2v) is 6.16. The number of carboxylic acids is 1. The van der Waals surface area contributed by atoms with Crippen molar-refractivity contribution in [2.45, 2.75) is 44.9 Å². The van der Waals surface area contributed by atoms with Crippen molar-refractivity contribution >= 4 is 21.9 Å². The minimum Gasteiger partial charge on any atom is -0.481 e. The van der Waals surface area contributed by atoms with Gasteiger partial charge in [0.1, 0.15) is 0 Å². The molecule has 0 aromatic carbocycles. The van der Waals surface area contributed by atoms with Crippen LogP contribution in [0.15, 0.2) is 0 Å². The normalized spacial score (nSPS) is 38.6. The van der Waals surface area contributed by atoms with E-state index in [4.69, 9.17) is 0 Å². The van der Waals surface area contributed by atoms with Gasteiger partial charge in [-0.3, -0.25) is 4.79 Å². The van der Waals surface area contributed by atoms with E-state index in [2.05, 4.69) is 29.8 Å². The van der Waals surface area contributed by atoms with Gasteiger partial charge in [-0.25, -0.2) is 0 Å². The van der Waals surface area contributed by atoms with E-state index >= 15 is 0 Å². The Labute approximate surface area is 87.8 Å². The zero-order valence-electron chi connectivity index (χ0n) is 8.43. The molecule has 0 aliphatic heterocycles. The average molecular weight is 249 g/mol. The predicted molar refractivity (Wildman–Crippen MR) is 56.1 cm³/mol. The molecule has 2 nitrogen and oxygen atoms in total. The van der Waals surface area contributed by atoms with E-state index in [0.717, 1.165) is 19.3 Å². The van der Waals surface area contributed by atoms with Gasteiger partial charge in [-0.2, -0.15) is 0 Å². The van der Waals surface area contributed by atoms with Crippen LogP contribution in [-0.4, -0.2) is 15.9 Å². The molecule has 0 heterocycles. The molecule has 1 N–H and O–H groups in total. The van der Waals surface area contributed by atoms with Crippen molar-refractivity contribution in [2.75, 3.05) is 0 Å². The van der Waals surface area contributed by atoms with Crippen LogP contribution in [-0.2, 0) is 4.79 Å². The van der Waals surface area contributed by atoms with Crippen LogP contribution < -0.4 is 0 Å². The zero-order chi connectivity index (χ0) is 10.3. The van der Waals surface area contributed by atoms with Crippen molar-refractivity contribution in [2.24, 2.45) is 10.8 Å². The first-order valence-corrected chi connectivity index (χ1v) is 5.59. The van der Waals surface area contributed by atoms with Gasteiger partial charge in [-0.1, -0.05) is 29.8 Å². The molecule has 0 aromatic heterocycles. The van der Waals surface area contributed by atoms with E-state index in [1.54, 1.807) is 0 Å². The van der Waals surface area contributed by atoms with E-state index in [-0.39, 0.29) is 5.41 Å². The van der Waals surface area contributed by atoms with Crippen LogP contribution in [0.25, 0.3) is 0 Å². The molecular weight excluding hydrogens is 232 g/mol. The Morgan fingerprint density at radius 3 is 2.38 bits per heavy atom. The van der Waals surface area contributed by atoms with Crippen LogP contribution in [0.2, 0.25) is 0 Å². The Balaban J connectivity index is 2.92. The molecule has 0 amide bonds. The summed E-state index contributed by atoms with van der Waals surface area (Å²) >= 11 is 3.57. The number of carboxylic acid groups (broad SMARTS) is 1. The summed E-state index contributed by atoms with van der Waals surface area (Å²) in [6.45, 7) is 5.97. The third-order valence-electron chi connectivity index (χ3n) is 3.66. The minimum absolute atomic E-state index is 0.120. The third kappa shape index (κ3) is 1.76. The first-order valence-electron chi connectivity index (χ1n) is 4.67. The van der Waals surface area contributed by atoms with Gasteiger partial charge in [0.2, 0.25) is 0 Å². The maximum atomic E-state index is 11.2. The SMILES string of the molecule is CC1(C)C[C@@H](Br)CC[C@@]1(C)C(=O)O. The lowest BCUT2D eigenvalue weighted by atomic mass is 9.59. The largest absolute Gasteiger partial charge is 0.481 e. The van der Waals surface area contributed by atoms with Gasteiger partial charge in [0, 0.05) is 4.83 Å². The number of alkyl halides is 1. The summed E-state index contributed by atoms with van der Waals surface area (Å²) in [6, 6.07) is 0. The van der Waals surface area contributed by atoms with Crippen molar-refractivity contribution in [3.8, 4) is 0 Å². The molecule has 0 bridgehead atoms. The Kier molecular flexibility index (Phi) is 2.77. The summed E-state index contributed by atoms with van der Waals surface area (Å²) in [4.78, 5) is 11.7. The molecule has 0 spiro atoms. The lowest BCUT2D eigenvalue weighted by Gasteiger charge is -2.46. The topological polar surface area (TPSA) is 37.3 Å². The molecule has 1 fully saturated rings. The number of rotatable bonds is 1. The molecule has 76 valence electrons. The molecule has 0 unspecified atom stereocenters. The molecule has 0 saturated heterocycles. The second kappa shape index (κ2) is 3.26. The van der Waals surface area contributed by atoms with Crippen LogP contribution in [0.4, 0.5) is 0 Å². The quantitative estimate of drug-likeness (QED) is 0.725. The van der Waals surface area contributed by atoms with Crippen LogP contribution in [0, 0.1) is 10.8 Å². The van der Waals surface area contributed by atoms with Crippen LogP contribution >= 0.6 is 15.9 Å². The average Bonchev–Trinajstić information content (AvgIpc) is 1.96. The summed E-state index contributed by atoms with van der Waals surface area (Å²) < 4.78 is 0. The number of aliphatic carboxylic acids is 1. The van der Waals surface area contributed by atoms with Gasteiger partial charge in [-0.05, 0) is 31.6 Å². The van der Waals surface area contributed by atoms with E-state index in [1.807, 2.05) is 6.92 Å². The molecule has 1 rings (SSSR count). The van der Waals surface area contributed by atoms with Gasteiger partial charge in [0.15, 0.2) is 0 Å². The van der Waals surface area contributed by atoms with E-state index < -0.39 is 11.4 Å². The fourth-order valence-electron chi connectivity index (χ4n) is 2.06. The van der Waals surface area contributed by atoms with Gasteiger partial charge < -0.3 is 5.11 Å². The van der Waals surface area contributed by atoms with Crippen molar-refractivity contribution in [1.29, 1.82) is 0 Å². The van der Waals surface area contributed by atoms with E-state index in [1.165, 1.54) is 0 Å². The number of carbonyl (C=O) groups is 1. The minimum atomic E-state index is -0.656. The predicted octanol–water partition coefficient (Wildman–Crippen LogP) is 3.05. The van der Waals surface area contributed by atoms with Gasteiger partial charge in [-0.15, -0.1) is 0 Å². The summed E-state index contributed by atoms with van der Waals surface area (Å²) in [5.74, 6) is -0.656. The molecule has 3 heteroatoms. The fourth-order valence-corrected chi connectivity index (χ4v) is 3.10. The molecule has 1 aliphatic rings. The summed E-state index contributed by atoms with van der Waals surface area (Å²) in [5, 5.41) is 9.20. The van der Waals surface area contributed by atoms with Crippen molar-refractivity contribution in [3.63, 3.8) is 0 Å². The first kappa shape index (κ1) is 11.0. The van der Waals surface area contributed by atoms with Crippen LogP contribution in [0.5, 0.6) is 0 Å². The van der Waals surface area contributed by atoms with Crippen LogP contribution in [0.1, 0.15) is 40.0 Å². The number of hydrogen-bond acceptors (Lipinski definition) is 1. The number of hydrogen-bond donors (Lipinski definition) is 1. The third-order valence-corrected chi connectivity index (χ3v) is 4.44. The maximum Gasteiger partial charge on any atom is 0.309 e. The molecular formula is C10H17BrO2. The van der Waals surface area contributed by atoms with Crippen molar-refractivity contribution < 1.29 is 9.90 Å². The van der Waals surface area contributed by atoms with Crippen molar-refractivity contribution in [3.05, 3.63) is 0 Å². The molecule has 2 atom stereocenters. The Bertz CT molecular complexity index is 225. The van der Waals surface area contributed by atoms with Crippen molar-refractivity contribution in [1.82, 2.24) is 0 Å². The van der Waals surface area contributed by atoms with Gasteiger partial charge >= 0.3 is 5.97 Å². The molecule has 13 heavy (non-hydrogen) atoms. The maximum absolute atomic E-state index is 11.2. The summed E-state index contributed by atoms with van der Waals surface area (Å²) in [7, 11) is 0. The fraction of sp³-hybridized carbons (Fsp3) is 0.900. The zero-order valence-corrected chi connectivity index (χ0v) is 10.0. The Hall–Kier alpha value is -0.0500. The standard InChI is InChI=1S/C10H17BrO2/c1-9(2)6-7(11)4-5-10(9,3)8(12)13/h7H,4-6H2,1-3H3,(H,12,13)/t7-,10-/m0/s1. The van der Waals surface area contributed by atoms with Gasteiger partial charge in [0.25, 0.3) is 0 Å². The van der Waals surface area contributed by atoms with E-state index in [9.17, 15) is 9.90 Å². The highest BCUT2D eigenvalue weighted by Crippen LogP contribution is 2.51. The van der Waals surface area contributed by atoms with E-state index in [0.29, 0.717) is 4.83 Å². The molecule has 1 saturated carbocycles. The highest BCUT2D eigenvalue weighted by atomic mass is 79.9. The monoisotopic (exact) mass is 248 g/mol. The Morgan fingerprint density at radius 2 is 2.00 bits per heavy atom. The summed E-state index contributed by atoms with van der Waals surface area (Å²) in [6.07, 6.45) is 2.67. The highest BCUT2D eigenvalue weighted by Gasteiger charge is 2.50. The number of halogens is 1. The van der Waals surface area contributed by atoms with Crippen LogP contribution in [0.3, 0.4) is 0 Å². The smallest absolute Gasteiger partial charge is 0.309 e. The molecule has 0 aromatic rings. The molecule has 1 aliphatic carbocycles. The first-order chi connectivity index (χ1) is 5.79. The molecule has 0 radical (unpaired) electrons. The Morgan fingerprint density at radius 1 is 1.46 bits per heavy atom.